The highest BCUT2D eigenvalue weighted by Crippen LogP contribution is 2.42. The highest BCUT2D eigenvalue weighted by molar-refractivity contribution is 5.35. The van der Waals surface area contributed by atoms with E-state index in [1.165, 1.54) is 17.0 Å². The third-order valence-corrected chi connectivity index (χ3v) is 4.75. The molecule has 1 aliphatic carbocycles. The number of nitrogens with two attached hydrogens (primary N) is 1. The standard InChI is InChI=1S/C18H26N2O/c1-11-8-14-15(19)9-18(4,5)10-16(14)20(11)13(3)17-7-6-12(2)21-17/h6-8,13,15H,9-10,19H2,1-5H3. The van der Waals surface area contributed by atoms with Gasteiger partial charge in [-0.15, -0.1) is 0 Å². The summed E-state index contributed by atoms with van der Waals surface area (Å²) < 4.78 is 8.25. The molecule has 21 heavy (non-hydrogen) atoms. The molecule has 0 amide bonds. The maximum Gasteiger partial charge on any atom is 0.126 e. The van der Waals surface area contributed by atoms with Crippen molar-refractivity contribution in [1.82, 2.24) is 4.57 Å². The van der Waals surface area contributed by atoms with E-state index in [1.807, 2.05) is 13.0 Å². The van der Waals surface area contributed by atoms with Gasteiger partial charge in [0.15, 0.2) is 0 Å². The summed E-state index contributed by atoms with van der Waals surface area (Å²) in [5, 5.41) is 0. The predicted molar refractivity (Wildman–Crippen MR) is 85.5 cm³/mol. The van der Waals surface area contributed by atoms with Crippen molar-refractivity contribution in [2.24, 2.45) is 11.1 Å². The zero-order chi connectivity index (χ0) is 15.4. The van der Waals surface area contributed by atoms with E-state index in [-0.39, 0.29) is 17.5 Å². The first kappa shape index (κ1) is 14.5. The van der Waals surface area contributed by atoms with Crippen molar-refractivity contribution in [3.8, 4) is 0 Å². The van der Waals surface area contributed by atoms with Crippen LogP contribution in [0.1, 0.15) is 67.7 Å². The average molecular weight is 286 g/mol. The Labute approximate surface area is 127 Å². The maximum atomic E-state index is 6.41. The van der Waals surface area contributed by atoms with E-state index in [0.717, 1.165) is 24.4 Å². The van der Waals surface area contributed by atoms with E-state index in [1.54, 1.807) is 0 Å². The number of furan rings is 1. The minimum atomic E-state index is 0.147. The molecular formula is C18H26N2O. The van der Waals surface area contributed by atoms with Crippen LogP contribution in [0.25, 0.3) is 0 Å². The Morgan fingerprint density at radius 2 is 2.05 bits per heavy atom. The largest absolute Gasteiger partial charge is 0.464 e. The molecule has 1 aliphatic rings. The van der Waals surface area contributed by atoms with Gasteiger partial charge in [0.25, 0.3) is 0 Å². The van der Waals surface area contributed by atoms with Crippen molar-refractivity contribution in [2.75, 3.05) is 0 Å². The third-order valence-electron chi connectivity index (χ3n) is 4.75. The zero-order valence-electron chi connectivity index (χ0n) is 13.7. The van der Waals surface area contributed by atoms with Crippen molar-refractivity contribution >= 4 is 0 Å². The van der Waals surface area contributed by atoms with Gasteiger partial charge in [0, 0.05) is 17.4 Å². The monoisotopic (exact) mass is 286 g/mol. The van der Waals surface area contributed by atoms with Crippen molar-refractivity contribution < 1.29 is 4.42 Å². The van der Waals surface area contributed by atoms with Gasteiger partial charge in [-0.1, -0.05) is 13.8 Å². The lowest BCUT2D eigenvalue weighted by Gasteiger charge is -2.35. The molecule has 0 aliphatic heterocycles. The molecule has 0 radical (unpaired) electrons. The Hall–Kier alpha value is -1.48. The van der Waals surface area contributed by atoms with Gasteiger partial charge in [0.1, 0.15) is 11.5 Å². The lowest BCUT2D eigenvalue weighted by atomic mass is 9.74. The van der Waals surface area contributed by atoms with Crippen molar-refractivity contribution in [2.45, 2.75) is 59.5 Å². The first-order valence-electron chi connectivity index (χ1n) is 7.81. The Morgan fingerprint density at radius 3 is 2.67 bits per heavy atom. The molecule has 3 heteroatoms. The first-order chi connectivity index (χ1) is 9.78. The molecule has 114 valence electrons. The molecule has 0 saturated heterocycles. The number of fused-ring (bicyclic) bond motifs is 1. The molecule has 0 spiro atoms. The van der Waals surface area contributed by atoms with Crippen LogP contribution >= 0.6 is 0 Å². The summed E-state index contributed by atoms with van der Waals surface area (Å²) >= 11 is 0. The van der Waals surface area contributed by atoms with Gasteiger partial charge >= 0.3 is 0 Å². The van der Waals surface area contributed by atoms with Crippen molar-refractivity contribution in [3.05, 3.63) is 46.7 Å². The second kappa shape index (κ2) is 4.77. The predicted octanol–water partition coefficient (Wildman–Crippen LogP) is 4.28. The second-order valence-corrected chi connectivity index (χ2v) is 7.33. The highest BCUT2D eigenvalue weighted by Gasteiger charge is 2.34. The van der Waals surface area contributed by atoms with E-state index < -0.39 is 0 Å². The van der Waals surface area contributed by atoms with Gasteiger partial charge in [-0.25, -0.2) is 0 Å². The Morgan fingerprint density at radius 1 is 1.33 bits per heavy atom. The van der Waals surface area contributed by atoms with Crippen molar-refractivity contribution in [3.63, 3.8) is 0 Å². The fraction of sp³-hybridized carbons (Fsp3) is 0.556. The van der Waals surface area contributed by atoms with Crippen LogP contribution in [0.4, 0.5) is 0 Å². The molecule has 2 atom stereocenters. The summed E-state index contributed by atoms with van der Waals surface area (Å²) in [5.74, 6) is 1.98. The Balaban J connectivity index is 2.08. The Bertz CT molecular complexity index is 663. The molecule has 2 N–H and O–H groups in total. The summed E-state index contributed by atoms with van der Waals surface area (Å²) in [6.45, 7) is 11.0. The number of aryl methyl sites for hydroxylation is 2. The second-order valence-electron chi connectivity index (χ2n) is 7.33. The van der Waals surface area contributed by atoms with Crippen molar-refractivity contribution in [1.29, 1.82) is 0 Å². The first-order valence-corrected chi connectivity index (χ1v) is 7.81. The molecular weight excluding hydrogens is 260 g/mol. The minimum Gasteiger partial charge on any atom is -0.464 e. The van der Waals surface area contributed by atoms with Gasteiger partial charge < -0.3 is 14.7 Å². The summed E-state index contributed by atoms with van der Waals surface area (Å²) in [6.07, 6.45) is 2.13. The summed E-state index contributed by atoms with van der Waals surface area (Å²) in [5.41, 5.74) is 10.6. The molecule has 0 saturated carbocycles. The van der Waals surface area contributed by atoms with Gasteiger partial charge in [0.05, 0.1) is 6.04 Å². The van der Waals surface area contributed by atoms with E-state index >= 15 is 0 Å². The van der Waals surface area contributed by atoms with E-state index in [4.69, 9.17) is 10.2 Å². The van der Waals surface area contributed by atoms with Crippen LogP contribution in [0.5, 0.6) is 0 Å². The van der Waals surface area contributed by atoms with E-state index in [9.17, 15) is 0 Å². The number of hydrogen-bond donors (Lipinski definition) is 1. The fourth-order valence-electron chi connectivity index (χ4n) is 3.81. The SMILES string of the molecule is Cc1ccc(C(C)n2c(C)cc3c2CC(C)(C)CC3N)o1. The quantitative estimate of drug-likeness (QED) is 0.895. The lowest BCUT2D eigenvalue weighted by Crippen LogP contribution is -2.31. The minimum absolute atomic E-state index is 0.147. The molecule has 3 nitrogen and oxygen atoms in total. The van der Waals surface area contributed by atoms with Crippen LogP contribution in [0.3, 0.4) is 0 Å². The highest BCUT2D eigenvalue weighted by atomic mass is 16.3. The fourth-order valence-corrected chi connectivity index (χ4v) is 3.81. The summed E-state index contributed by atoms with van der Waals surface area (Å²) in [4.78, 5) is 0. The van der Waals surface area contributed by atoms with E-state index in [2.05, 4.69) is 44.4 Å². The van der Waals surface area contributed by atoms with Crippen LogP contribution in [0.2, 0.25) is 0 Å². The molecule has 2 heterocycles. The Kier molecular flexibility index (Phi) is 3.28. The summed E-state index contributed by atoms with van der Waals surface area (Å²) in [7, 11) is 0. The van der Waals surface area contributed by atoms with Gasteiger partial charge in [-0.05, 0) is 62.8 Å². The van der Waals surface area contributed by atoms with Crippen LogP contribution in [-0.2, 0) is 6.42 Å². The number of aromatic nitrogens is 1. The smallest absolute Gasteiger partial charge is 0.126 e. The van der Waals surface area contributed by atoms with Gasteiger partial charge in [-0.2, -0.15) is 0 Å². The number of rotatable bonds is 2. The molecule has 2 unspecified atom stereocenters. The molecule has 2 aromatic heterocycles. The average Bonchev–Trinajstić information content (AvgIpc) is 2.91. The normalized spacial score (nSPS) is 22.1. The van der Waals surface area contributed by atoms with Crippen LogP contribution in [0, 0.1) is 19.3 Å². The van der Waals surface area contributed by atoms with Crippen LogP contribution in [0.15, 0.2) is 22.6 Å². The lowest BCUT2D eigenvalue weighted by molar-refractivity contribution is 0.272. The molecule has 0 fully saturated rings. The van der Waals surface area contributed by atoms with Crippen LogP contribution in [-0.4, -0.2) is 4.57 Å². The van der Waals surface area contributed by atoms with Gasteiger partial charge in [-0.3, -0.25) is 0 Å². The van der Waals surface area contributed by atoms with E-state index in [0.29, 0.717) is 0 Å². The maximum absolute atomic E-state index is 6.41. The van der Waals surface area contributed by atoms with Crippen LogP contribution < -0.4 is 5.73 Å². The molecule has 2 aromatic rings. The number of hydrogen-bond acceptors (Lipinski definition) is 2. The topological polar surface area (TPSA) is 44.1 Å². The third kappa shape index (κ3) is 2.44. The zero-order valence-corrected chi connectivity index (χ0v) is 13.7. The molecule has 0 bridgehead atoms. The summed E-state index contributed by atoms with van der Waals surface area (Å²) in [6, 6.07) is 6.74. The van der Waals surface area contributed by atoms with Gasteiger partial charge in [0.2, 0.25) is 0 Å². The molecule has 0 aromatic carbocycles. The number of nitrogens with zero attached hydrogens (tertiary/aromatic N) is 1. The molecule has 3 rings (SSSR count).